The van der Waals surface area contributed by atoms with E-state index >= 15 is 0 Å². The number of allylic oxidation sites excluding steroid dienone is 1. The van der Waals surface area contributed by atoms with Crippen LogP contribution in [0.25, 0.3) is 0 Å². The maximum absolute atomic E-state index is 5.08. The van der Waals surface area contributed by atoms with E-state index in [-0.39, 0.29) is 0 Å². The first-order chi connectivity index (χ1) is 5.31. The van der Waals surface area contributed by atoms with Crippen molar-refractivity contribution < 1.29 is 0 Å². The molecule has 0 unspecified atom stereocenters. The topological polar surface area (TPSA) is 0 Å². The summed E-state index contributed by atoms with van der Waals surface area (Å²) in [6, 6.07) is 0. The second-order valence-corrected chi connectivity index (χ2v) is 2.39. The van der Waals surface area contributed by atoms with E-state index in [9.17, 15) is 0 Å². The van der Waals surface area contributed by atoms with Gasteiger partial charge in [-0.05, 0) is 6.42 Å². The molecule has 0 amide bonds. The van der Waals surface area contributed by atoms with E-state index in [0.717, 1.165) is 18.4 Å². The second-order valence-electron chi connectivity index (χ2n) is 2.39. The van der Waals surface area contributed by atoms with E-state index < -0.39 is 0 Å². The molecule has 11 heavy (non-hydrogen) atoms. The first-order valence-corrected chi connectivity index (χ1v) is 3.91. The standard InChI is InChI=1S/C11H14/c1-4-6-7-8-10-11(3)9-5-2/h2H,3-4,6-7,9H2,1H3. The van der Waals surface area contributed by atoms with Gasteiger partial charge in [0, 0.05) is 18.4 Å². The average Bonchev–Trinajstić information content (AvgIpc) is 1.99. The number of hydrogen-bond donors (Lipinski definition) is 0. The van der Waals surface area contributed by atoms with Gasteiger partial charge in [0.05, 0.1) is 0 Å². The minimum Gasteiger partial charge on any atom is -0.120 e. The summed E-state index contributed by atoms with van der Waals surface area (Å²) in [5.41, 5.74) is 0.851. The first kappa shape index (κ1) is 9.86. The number of hydrogen-bond acceptors (Lipinski definition) is 0. The van der Waals surface area contributed by atoms with Crippen LogP contribution in [0.3, 0.4) is 0 Å². The molecule has 0 spiro atoms. The maximum atomic E-state index is 5.08. The Morgan fingerprint density at radius 1 is 1.55 bits per heavy atom. The summed E-state index contributed by atoms with van der Waals surface area (Å²) < 4.78 is 0. The van der Waals surface area contributed by atoms with Crippen molar-refractivity contribution in [3.8, 4) is 24.2 Å². The van der Waals surface area contributed by atoms with E-state index in [4.69, 9.17) is 6.42 Å². The normalized spacial score (nSPS) is 7.64. The van der Waals surface area contributed by atoms with Crippen LogP contribution in [0.5, 0.6) is 0 Å². The molecule has 0 aliphatic carbocycles. The van der Waals surface area contributed by atoms with Gasteiger partial charge >= 0.3 is 0 Å². The average molecular weight is 146 g/mol. The molecule has 0 aliphatic heterocycles. The van der Waals surface area contributed by atoms with Crippen molar-refractivity contribution in [3.63, 3.8) is 0 Å². The summed E-state index contributed by atoms with van der Waals surface area (Å²) in [5, 5.41) is 0. The highest BCUT2D eigenvalue weighted by Gasteiger charge is 1.81. The summed E-state index contributed by atoms with van der Waals surface area (Å²) in [7, 11) is 0. The van der Waals surface area contributed by atoms with E-state index in [1.165, 1.54) is 6.42 Å². The van der Waals surface area contributed by atoms with Crippen molar-refractivity contribution in [1.29, 1.82) is 0 Å². The third kappa shape index (κ3) is 6.75. The molecule has 58 valence electrons. The maximum Gasteiger partial charge on any atom is 0.0411 e. The summed E-state index contributed by atoms with van der Waals surface area (Å²) in [6.07, 6.45) is 8.98. The minimum absolute atomic E-state index is 0.582. The van der Waals surface area contributed by atoms with Crippen LogP contribution in [0.2, 0.25) is 0 Å². The highest BCUT2D eigenvalue weighted by Crippen LogP contribution is 1.95. The first-order valence-electron chi connectivity index (χ1n) is 3.91. The number of rotatable bonds is 3. The molecule has 0 radical (unpaired) electrons. The lowest BCUT2D eigenvalue weighted by Gasteiger charge is -1.86. The van der Waals surface area contributed by atoms with Crippen molar-refractivity contribution in [3.05, 3.63) is 12.2 Å². The molecule has 0 nitrogen and oxygen atoms in total. The Morgan fingerprint density at radius 3 is 2.82 bits per heavy atom. The van der Waals surface area contributed by atoms with Crippen LogP contribution in [-0.4, -0.2) is 0 Å². The Hall–Kier alpha value is -1.14. The molecule has 0 saturated heterocycles. The molecule has 0 N–H and O–H groups in total. The fraction of sp³-hybridized carbons (Fsp3) is 0.455. The molecular formula is C11H14. The zero-order valence-corrected chi connectivity index (χ0v) is 7.11. The number of terminal acetylenes is 1. The van der Waals surface area contributed by atoms with Gasteiger partial charge < -0.3 is 0 Å². The second kappa shape index (κ2) is 6.97. The lowest BCUT2D eigenvalue weighted by molar-refractivity contribution is 0.828. The van der Waals surface area contributed by atoms with Crippen LogP contribution in [0.1, 0.15) is 32.6 Å². The van der Waals surface area contributed by atoms with Crippen molar-refractivity contribution in [2.24, 2.45) is 0 Å². The fourth-order valence-corrected chi connectivity index (χ4v) is 0.620. The molecule has 0 heteroatoms. The molecular weight excluding hydrogens is 132 g/mol. The summed E-state index contributed by atoms with van der Waals surface area (Å²) in [5.74, 6) is 8.46. The van der Waals surface area contributed by atoms with Gasteiger partial charge in [0.2, 0.25) is 0 Å². The molecule has 0 heterocycles. The summed E-state index contributed by atoms with van der Waals surface area (Å²) in [6.45, 7) is 5.88. The van der Waals surface area contributed by atoms with Crippen molar-refractivity contribution in [2.45, 2.75) is 32.6 Å². The largest absolute Gasteiger partial charge is 0.120 e. The van der Waals surface area contributed by atoms with Crippen molar-refractivity contribution in [1.82, 2.24) is 0 Å². The van der Waals surface area contributed by atoms with Crippen LogP contribution in [0, 0.1) is 24.2 Å². The van der Waals surface area contributed by atoms with Crippen LogP contribution in [0.4, 0.5) is 0 Å². The Balaban J connectivity index is 3.53. The van der Waals surface area contributed by atoms with Crippen LogP contribution >= 0.6 is 0 Å². The predicted octanol–water partition coefficient (Wildman–Crippen LogP) is 2.76. The Morgan fingerprint density at radius 2 is 2.27 bits per heavy atom. The lowest BCUT2D eigenvalue weighted by atomic mass is 10.2. The molecule has 0 aromatic carbocycles. The smallest absolute Gasteiger partial charge is 0.0411 e. The molecule has 0 fully saturated rings. The van der Waals surface area contributed by atoms with Gasteiger partial charge in [-0.25, -0.2) is 0 Å². The van der Waals surface area contributed by atoms with Gasteiger partial charge in [0.15, 0.2) is 0 Å². The third-order valence-electron chi connectivity index (χ3n) is 1.24. The zero-order chi connectivity index (χ0) is 8.53. The predicted molar refractivity (Wildman–Crippen MR) is 49.9 cm³/mol. The Kier molecular flexibility index (Phi) is 6.25. The highest BCUT2D eigenvalue weighted by molar-refractivity contribution is 5.28. The molecule has 0 aromatic rings. The summed E-state index contributed by atoms with van der Waals surface area (Å²) in [4.78, 5) is 0. The van der Waals surface area contributed by atoms with Gasteiger partial charge in [-0.1, -0.05) is 31.8 Å². The quantitative estimate of drug-likeness (QED) is 0.424. The van der Waals surface area contributed by atoms with Crippen LogP contribution in [0.15, 0.2) is 12.2 Å². The Labute approximate surface area is 69.7 Å². The Bertz CT molecular complexity index is 204. The van der Waals surface area contributed by atoms with E-state index in [1.807, 2.05) is 0 Å². The third-order valence-corrected chi connectivity index (χ3v) is 1.24. The molecule has 0 bridgehead atoms. The van der Waals surface area contributed by atoms with Gasteiger partial charge in [0.1, 0.15) is 0 Å². The summed E-state index contributed by atoms with van der Waals surface area (Å²) >= 11 is 0. The molecule has 0 saturated carbocycles. The van der Waals surface area contributed by atoms with Crippen LogP contribution in [-0.2, 0) is 0 Å². The van der Waals surface area contributed by atoms with Gasteiger partial charge in [0.25, 0.3) is 0 Å². The van der Waals surface area contributed by atoms with E-state index in [0.29, 0.717) is 6.42 Å². The lowest BCUT2D eigenvalue weighted by Crippen LogP contribution is -1.73. The van der Waals surface area contributed by atoms with Crippen molar-refractivity contribution >= 4 is 0 Å². The SMILES string of the molecule is C#CCC(=C)C#CCCCC. The molecule has 0 aliphatic rings. The monoisotopic (exact) mass is 146 g/mol. The molecule has 0 atom stereocenters. The van der Waals surface area contributed by atoms with Crippen LogP contribution < -0.4 is 0 Å². The van der Waals surface area contributed by atoms with Gasteiger partial charge in [-0.2, -0.15) is 0 Å². The van der Waals surface area contributed by atoms with E-state index in [2.05, 4.69) is 31.3 Å². The minimum atomic E-state index is 0.582. The van der Waals surface area contributed by atoms with Crippen molar-refractivity contribution in [2.75, 3.05) is 0 Å². The fourth-order valence-electron chi connectivity index (χ4n) is 0.620. The van der Waals surface area contributed by atoms with E-state index in [1.54, 1.807) is 0 Å². The van der Waals surface area contributed by atoms with Gasteiger partial charge in [-0.3, -0.25) is 0 Å². The molecule has 0 rings (SSSR count). The van der Waals surface area contributed by atoms with Gasteiger partial charge in [-0.15, -0.1) is 12.3 Å². The number of unbranched alkanes of at least 4 members (excludes halogenated alkanes) is 2. The highest BCUT2D eigenvalue weighted by atomic mass is 13.8. The molecule has 0 aromatic heterocycles. The zero-order valence-electron chi connectivity index (χ0n) is 7.11.